The van der Waals surface area contributed by atoms with Crippen LogP contribution in [-0.4, -0.2) is 15.6 Å². The number of halogens is 1. The summed E-state index contributed by atoms with van der Waals surface area (Å²) in [5.41, 5.74) is 1.12. The Hall–Kier alpha value is -2.07. The lowest BCUT2D eigenvalue weighted by Crippen LogP contribution is -2.24. The first-order valence-electron chi connectivity index (χ1n) is 5.65. The van der Waals surface area contributed by atoms with Crippen molar-refractivity contribution >= 4 is 17.6 Å². The largest absolute Gasteiger partial charge is 0.478 e. The molecule has 0 radical (unpaired) electrons. The molecule has 19 heavy (non-hydrogen) atoms. The topological polar surface area (TPSA) is 59.3 Å². The van der Waals surface area contributed by atoms with E-state index in [2.05, 4.69) is 0 Å². The van der Waals surface area contributed by atoms with Crippen molar-refractivity contribution in [3.63, 3.8) is 0 Å². The maximum absolute atomic E-state index is 12.1. The Morgan fingerprint density at radius 1 is 1.26 bits per heavy atom. The normalized spacial score (nSPS) is 10.5. The molecule has 0 aliphatic heterocycles. The van der Waals surface area contributed by atoms with Crippen LogP contribution in [0.15, 0.2) is 35.1 Å². The first-order chi connectivity index (χ1) is 8.93. The van der Waals surface area contributed by atoms with E-state index in [0.29, 0.717) is 22.0 Å². The molecule has 0 saturated heterocycles. The summed E-state index contributed by atoms with van der Waals surface area (Å²) in [6.07, 6.45) is 0. The summed E-state index contributed by atoms with van der Waals surface area (Å²) in [4.78, 5) is 23.4. The van der Waals surface area contributed by atoms with Gasteiger partial charge in [0, 0.05) is 11.8 Å². The first-order valence-corrected chi connectivity index (χ1v) is 6.02. The van der Waals surface area contributed by atoms with Crippen molar-refractivity contribution in [1.82, 2.24) is 4.57 Å². The summed E-state index contributed by atoms with van der Waals surface area (Å²) >= 11 is 6.07. The molecular formula is C14H12ClNO3. The molecular weight excluding hydrogens is 266 g/mol. The van der Waals surface area contributed by atoms with Gasteiger partial charge in [-0.1, -0.05) is 23.7 Å². The summed E-state index contributed by atoms with van der Waals surface area (Å²) in [5.74, 6) is -1.06. The predicted molar refractivity (Wildman–Crippen MR) is 73.5 cm³/mol. The second-order valence-corrected chi connectivity index (χ2v) is 4.63. The number of aryl methyl sites for hydroxylation is 1. The summed E-state index contributed by atoms with van der Waals surface area (Å²) in [6, 6.07) is 8.13. The fraction of sp³-hybridized carbons (Fsp3) is 0.143. The van der Waals surface area contributed by atoms with Crippen molar-refractivity contribution < 1.29 is 9.90 Å². The van der Waals surface area contributed by atoms with Crippen molar-refractivity contribution in [3.8, 4) is 5.69 Å². The molecule has 5 heteroatoms. The maximum Gasteiger partial charge on any atom is 0.337 e. The lowest BCUT2D eigenvalue weighted by Gasteiger charge is -2.15. The van der Waals surface area contributed by atoms with Crippen LogP contribution in [0, 0.1) is 13.8 Å². The van der Waals surface area contributed by atoms with Gasteiger partial charge in [-0.3, -0.25) is 9.36 Å². The molecule has 1 N–H and O–H groups in total. The van der Waals surface area contributed by atoms with Crippen LogP contribution >= 0.6 is 11.6 Å². The van der Waals surface area contributed by atoms with E-state index in [1.165, 1.54) is 10.6 Å². The van der Waals surface area contributed by atoms with Gasteiger partial charge in [-0.15, -0.1) is 0 Å². The van der Waals surface area contributed by atoms with Crippen molar-refractivity contribution in [1.29, 1.82) is 0 Å². The number of aromatic nitrogens is 1. The highest BCUT2D eigenvalue weighted by Gasteiger charge is 2.17. The third kappa shape index (κ3) is 2.27. The van der Waals surface area contributed by atoms with Gasteiger partial charge < -0.3 is 5.11 Å². The minimum atomic E-state index is -1.06. The highest BCUT2D eigenvalue weighted by Crippen LogP contribution is 2.22. The third-order valence-corrected chi connectivity index (χ3v) is 3.28. The molecule has 0 spiro atoms. The molecule has 1 aromatic carbocycles. The number of rotatable bonds is 2. The van der Waals surface area contributed by atoms with Crippen LogP contribution in [0.3, 0.4) is 0 Å². The number of hydrogen-bond acceptors (Lipinski definition) is 2. The molecule has 0 unspecified atom stereocenters. The van der Waals surface area contributed by atoms with Crippen LogP contribution in [-0.2, 0) is 0 Å². The predicted octanol–water partition coefficient (Wildman–Crippen LogP) is 2.81. The van der Waals surface area contributed by atoms with Crippen LogP contribution in [0.25, 0.3) is 5.69 Å². The number of carboxylic acid groups (broad SMARTS) is 1. The summed E-state index contributed by atoms with van der Waals surface area (Å²) in [5, 5.41) is 9.63. The highest BCUT2D eigenvalue weighted by atomic mass is 35.5. The van der Waals surface area contributed by atoms with Crippen LogP contribution in [0.4, 0.5) is 0 Å². The second kappa shape index (κ2) is 4.90. The van der Waals surface area contributed by atoms with E-state index < -0.39 is 5.97 Å². The fourth-order valence-corrected chi connectivity index (χ4v) is 2.36. The number of pyridine rings is 1. The molecule has 2 aromatic rings. The maximum atomic E-state index is 12.1. The van der Waals surface area contributed by atoms with Gasteiger partial charge >= 0.3 is 5.97 Å². The number of benzene rings is 1. The standard InChI is InChI=1S/C14H12ClNO3/c1-8-7-12(17)16(9(2)13(8)14(18)19)11-6-4-3-5-10(11)15/h3-7H,1-2H3,(H,18,19). The Morgan fingerprint density at radius 3 is 2.47 bits per heavy atom. The molecule has 0 fully saturated rings. The van der Waals surface area contributed by atoms with Gasteiger partial charge in [0.1, 0.15) is 0 Å². The lowest BCUT2D eigenvalue weighted by atomic mass is 10.1. The third-order valence-electron chi connectivity index (χ3n) is 2.96. The van der Waals surface area contributed by atoms with Gasteiger partial charge in [0.15, 0.2) is 0 Å². The number of hydrogen-bond donors (Lipinski definition) is 1. The zero-order valence-corrected chi connectivity index (χ0v) is 11.2. The summed E-state index contributed by atoms with van der Waals surface area (Å²) in [7, 11) is 0. The molecule has 1 aromatic heterocycles. The molecule has 2 rings (SSSR count). The molecule has 4 nitrogen and oxygen atoms in total. The van der Waals surface area contributed by atoms with Gasteiger partial charge in [-0.2, -0.15) is 0 Å². The molecule has 0 bridgehead atoms. The molecule has 0 aliphatic carbocycles. The SMILES string of the molecule is Cc1cc(=O)n(-c2ccccc2Cl)c(C)c1C(=O)O. The highest BCUT2D eigenvalue weighted by molar-refractivity contribution is 6.32. The summed E-state index contributed by atoms with van der Waals surface area (Å²) < 4.78 is 1.32. The van der Waals surface area contributed by atoms with E-state index in [4.69, 9.17) is 11.6 Å². The molecule has 0 atom stereocenters. The first kappa shape index (κ1) is 13.4. The average Bonchev–Trinajstić information content (AvgIpc) is 2.30. The van der Waals surface area contributed by atoms with Crippen LogP contribution < -0.4 is 5.56 Å². The zero-order valence-electron chi connectivity index (χ0n) is 10.5. The van der Waals surface area contributed by atoms with Gasteiger partial charge in [0.2, 0.25) is 0 Å². The Balaban J connectivity index is 2.86. The van der Waals surface area contributed by atoms with Gasteiger partial charge in [0.25, 0.3) is 5.56 Å². The van der Waals surface area contributed by atoms with E-state index in [0.717, 1.165) is 0 Å². The van der Waals surface area contributed by atoms with E-state index >= 15 is 0 Å². The Morgan fingerprint density at radius 2 is 1.89 bits per heavy atom. The smallest absolute Gasteiger partial charge is 0.337 e. The minimum absolute atomic E-state index is 0.125. The van der Waals surface area contributed by atoms with Gasteiger partial charge in [-0.25, -0.2) is 4.79 Å². The number of nitrogens with zero attached hydrogens (tertiary/aromatic N) is 1. The van der Waals surface area contributed by atoms with Crippen molar-refractivity contribution in [2.24, 2.45) is 0 Å². The zero-order chi connectivity index (χ0) is 14.2. The van der Waals surface area contributed by atoms with Crippen LogP contribution in [0.5, 0.6) is 0 Å². The van der Waals surface area contributed by atoms with Gasteiger partial charge in [-0.05, 0) is 31.5 Å². The number of aromatic carboxylic acids is 1. The quantitative estimate of drug-likeness (QED) is 0.918. The Kier molecular flexibility index (Phi) is 3.44. The molecule has 0 aliphatic rings. The molecule has 0 amide bonds. The Bertz CT molecular complexity index is 719. The Labute approximate surface area is 114 Å². The fourth-order valence-electron chi connectivity index (χ4n) is 2.14. The second-order valence-electron chi connectivity index (χ2n) is 4.22. The molecule has 98 valence electrons. The van der Waals surface area contributed by atoms with Crippen LogP contribution in [0.1, 0.15) is 21.6 Å². The van der Waals surface area contributed by atoms with E-state index in [-0.39, 0.29) is 11.1 Å². The van der Waals surface area contributed by atoms with Crippen LogP contribution in [0.2, 0.25) is 5.02 Å². The molecule has 0 saturated carbocycles. The van der Waals surface area contributed by atoms with Gasteiger partial charge in [0.05, 0.1) is 16.3 Å². The van der Waals surface area contributed by atoms with E-state index in [1.54, 1.807) is 38.1 Å². The van der Waals surface area contributed by atoms with E-state index in [1.807, 2.05) is 0 Å². The number of carbonyl (C=O) groups is 1. The van der Waals surface area contributed by atoms with Crippen molar-refractivity contribution in [2.75, 3.05) is 0 Å². The monoisotopic (exact) mass is 277 g/mol. The average molecular weight is 278 g/mol. The number of carboxylic acids is 1. The van der Waals surface area contributed by atoms with Crippen molar-refractivity contribution in [2.45, 2.75) is 13.8 Å². The minimum Gasteiger partial charge on any atom is -0.478 e. The van der Waals surface area contributed by atoms with E-state index in [9.17, 15) is 14.7 Å². The number of para-hydroxylation sites is 1. The lowest BCUT2D eigenvalue weighted by molar-refractivity contribution is 0.0694. The molecule has 1 heterocycles. The summed E-state index contributed by atoms with van der Waals surface area (Å²) in [6.45, 7) is 3.20. The van der Waals surface area contributed by atoms with Crippen molar-refractivity contribution in [3.05, 3.63) is 62.5 Å².